The number of carbonyl (C=O) groups is 1. The third kappa shape index (κ3) is 3.51. The highest BCUT2D eigenvalue weighted by Gasteiger charge is 2.27. The average molecular weight is 375 g/mol. The highest BCUT2D eigenvalue weighted by Crippen LogP contribution is 2.33. The molecule has 2 aliphatic rings. The van der Waals surface area contributed by atoms with E-state index in [4.69, 9.17) is 20.8 Å². The molecular weight excluding hydrogens is 360 g/mol. The molecule has 0 N–H and O–H groups in total. The largest absolute Gasteiger partial charge is 0.457 e. The fourth-order valence-electron chi connectivity index (χ4n) is 2.65. The Hall–Kier alpha value is -2.02. The molecular formula is C18H15ClN2O3S. The standard InChI is InChI=1S/C18H15ClN2O3S/c19-14-4-2-1-3-13(14)15-6-5-12(24-15)11-16-17(22)20-18(25-16)21-7-9-23-10-8-21/h1-6,11H,7-10H2. The summed E-state index contributed by atoms with van der Waals surface area (Å²) < 4.78 is 11.2. The Labute approximate surface area is 154 Å². The van der Waals surface area contributed by atoms with Crippen molar-refractivity contribution in [2.45, 2.75) is 0 Å². The van der Waals surface area contributed by atoms with Gasteiger partial charge in [0.2, 0.25) is 0 Å². The van der Waals surface area contributed by atoms with Gasteiger partial charge >= 0.3 is 0 Å². The van der Waals surface area contributed by atoms with Crippen LogP contribution in [0.15, 0.2) is 50.7 Å². The van der Waals surface area contributed by atoms with Crippen LogP contribution in [0.2, 0.25) is 5.02 Å². The van der Waals surface area contributed by atoms with E-state index in [-0.39, 0.29) is 5.91 Å². The van der Waals surface area contributed by atoms with Gasteiger partial charge in [0.15, 0.2) is 5.17 Å². The molecule has 5 nitrogen and oxygen atoms in total. The summed E-state index contributed by atoms with van der Waals surface area (Å²) in [5.41, 5.74) is 0.824. The number of ether oxygens (including phenoxy) is 1. The van der Waals surface area contributed by atoms with Gasteiger partial charge in [0, 0.05) is 24.7 Å². The lowest BCUT2D eigenvalue weighted by atomic mass is 10.2. The zero-order chi connectivity index (χ0) is 17.2. The zero-order valence-corrected chi connectivity index (χ0v) is 14.8. The first-order valence-electron chi connectivity index (χ1n) is 7.91. The molecule has 0 aliphatic carbocycles. The van der Waals surface area contributed by atoms with E-state index in [9.17, 15) is 4.79 Å². The molecule has 128 valence electrons. The normalized spacial score (nSPS) is 19.6. The Morgan fingerprint density at radius 1 is 1.16 bits per heavy atom. The van der Waals surface area contributed by atoms with Crippen LogP contribution < -0.4 is 0 Å². The Kier molecular flexibility index (Phi) is 4.65. The highest BCUT2D eigenvalue weighted by molar-refractivity contribution is 8.18. The van der Waals surface area contributed by atoms with Crippen LogP contribution in [0.4, 0.5) is 0 Å². The minimum atomic E-state index is -0.234. The molecule has 3 heterocycles. The number of benzene rings is 1. The number of carbonyl (C=O) groups excluding carboxylic acids is 1. The predicted octanol–water partition coefficient (Wildman–Crippen LogP) is 3.90. The van der Waals surface area contributed by atoms with Gasteiger partial charge in [-0.3, -0.25) is 4.79 Å². The van der Waals surface area contributed by atoms with E-state index in [0.717, 1.165) is 23.8 Å². The average Bonchev–Trinajstić information content (AvgIpc) is 3.24. The maximum absolute atomic E-state index is 12.2. The molecule has 25 heavy (non-hydrogen) atoms. The zero-order valence-electron chi connectivity index (χ0n) is 13.3. The number of aliphatic imine (C=N–C) groups is 1. The Morgan fingerprint density at radius 3 is 2.76 bits per heavy atom. The van der Waals surface area contributed by atoms with Gasteiger partial charge in [0.25, 0.3) is 5.91 Å². The smallest absolute Gasteiger partial charge is 0.286 e. The lowest BCUT2D eigenvalue weighted by molar-refractivity contribution is -0.113. The van der Waals surface area contributed by atoms with Gasteiger partial charge in [-0.15, -0.1) is 0 Å². The molecule has 1 aromatic carbocycles. The quantitative estimate of drug-likeness (QED) is 0.746. The second-order valence-electron chi connectivity index (χ2n) is 5.59. The first-order chi connectivity index (χ1) is 12.2. The van der Waals surface area contributed by atoms with E-state index < -0.39 is 0 Å². The fraction of sp³-hybridized carbons (Fsp3) is 0.222. The second kappa shape index (κ2) is 7.07. The molecule has 1 fully saturated rings. The van der Waals surface area contributed by atoms with Crippen molar-refractivity contribution < 1.29 is 13.9 Å². The van der Waals surface area contributed by atoms with Crippen molar-refractivity contribution in [2.24, 2.45) is 4.99 Å². The summed E-state index contributed by atoms with van der Waals surface area (Å²) in [6.07, 6.45) is 1.73. The topological polar surface area (TPSA) is 55.0 Å². The van der Waals surface area contributed by atoms with E-state index in [1.807, 2.05) is 36.4 Å². The first-order valence-corrected chi connectivity index (χ1v) is 9.10. The molecule has 0 radical (unpaired) electrons. The van der Waals surface area contributed by atoms with Crippen molar-refractivity contribution in [3.05, 3.63) is 52.1 Å². The van der Waals surface area contributed by atoms with Gasteiger partial charge < -0.3 is 14.1 Å². The molecule has 1 amide bonds. The number of amidine groups is 1. The van der Waals surface area contributed by atoms with E-state index in [1.54, 1.807) is 6.08 Å². The number of furan rings is 1. The summed E-state index contributed by atoms with van der Waals surface area (Å²) >= 11 is 7.57. The van der Waals surface area contributed by atoms with Crippen molar-refractivity contribution in [3.63, 3.8) is 0 Å². The van der Waals surface area contributed by atoms with Crippen LogP contribution in [-0.2, 0) is 9.53 Å². The summed E-state index contributed by atoms with van der Waals surface area (Å²) in [5.74, 6) is 1.04. The van der Waals surface area contributed by atoms with Gasteiger partial charge in [-0.05, 0) is 36.0 Å². The number of halogens is 1. The van der Waals surface area contributed by atoms with Crippen LogP contribution in [-0.4, -0.2) is 42.3 Å². The Balaban J connectivity index is 1.52. The minimum Gasteiger partial charge on any atom is -0.457 e. The second-order valence-corrected chi connectivity index (χ2v) is 7.01. The van der Waals surface area contributed by atoms with E-state index in [1.165, 1.54) is 11.8 Å². The molecule has 1 aromatic heterocycles. The first kappa shape index (κ1) is 16.4. The van der Waals surface area contributed by atoms with E-state index >= 15 is 0 Å². The summed E-state index contributed by atoms with van der Waals surface area (Å²) in [6.45, 7) is 2.83. The summed E-state index contributed by atoms with van der Waals surface area (Å²) in [5, 5.41) is 1.36. The number of thioether (sulfide) groups is 1. The van der Waals surface area contributed by atoms with Crippen LogP contribution in [0.25, 0.3) is 17.4 Å². The lowest BCUT2D eigenvalue weighted by Gasteiger charge is -2.27. The molecule has 0 unspecified atom stereocenters. The highest BCUT2D eigenvalue weighted by atomic mass is 35.5. The van der Waals surface area contributed by atoms with Gasteiger partial charge in [-0.25, -0.2) is 0 Å². The molecule has 1 saturated heterocycles. The molecule has 0 bridgehead atoms. The van der Waals surface area contributed by atoms with Crippen LogP contribution in [0.5, 0.6) is 0 Å². The van der Waals surface area contributed by atoms with Gasteiger partial charge in [0.05, 0.1) is 23.1 Å². The number of nitrogens with zero attached hydrogens (tertiary/aromatic N) is 2. The SMILES string of the molecule is O=C1N=C(N2CCOCC2)SC1=Cc1ccc(-c2ccccc2Cl)o1. The predicted molar refractivity (Wildman–Crippen MR) is 99.6 cm³/mol. The number of rotatable bonds is 2. The summed E-state index contributed by atoms with van der Waals surface area (Å²) in [6, 6.07) is 11.2. The van der Waals surface area contributed by atoms with Gasteiger partial charge in [-0.1, -0.05) is 23.7 Å². The van der Waals surface area contributed by atoms with Crippen LogP contribution in [0.1, 0.15) is 5.76 Å². The van der Waals surface area contributed by atoms with Crippen molar-refractivity contribution in [1.29, 1.82) is 0 Å². The van der Waals surface area contributed by atoms with Crippen molar-refractivity contribution in [1.82, 2.24) is 4.90 Å². The Morgan fingerprint density at radius 2 is 1.96 bits per heavy atom. The number of hydrogen-bond donors (Lipinski definition) is 0. The minimum absolute atomic E-state index is 0.234. The summed E-state index contributed by atoms with van der Waals surface area (Å²) in [4.78, 5) is 18.9. The van der Waals surface area contributed by atoms with Crippen LogP contribution in [0.3, 0.4) is 0 Å². The fourth-order valence-corrected chi connectivity index (χ4v) is 3.83. The van der Waals surface area contributed by atoms with Crippen LogP contribution >= 0.6 is 23.4 Å². The molecule has 2 aliphatic heterocycles. The summed E-state index contributed by atoms with van der Waals surface area (Å²) in [7, 11) is 0. The third-order valence-electron chi connectivity index (χ3n) is 3.93. The molecule has 0 saturated carbocycles. The Bertz CT molecular complexity index is 869. The van der Waals surface area contributed by atoms with Gasteiger partial charge in [0.1, 0.15) is 11.5 Å². The molecule has 4 rings (SSSR count). The molecule has 0 spiro atoms. The number of morpholine rings is 1. The van der Waals surface area contributed by atoms with Crippen molar-refractivity contribution in [2.75, 3.05) is 26.3 Å². The maximum atomic E-state index is 12.2. The number of amides is 1. The van der Waals surface area contributed by atoms with Crippen molar-refractivity contribution in [3.8, 4) is 11.3 Å². The van der Waals surface area contributed by atoms with Crippen LogP contribution in [0, 0.1) is 0 Å². The van der Waals surface area contributed by atoms with E-state index in [2.05, 4.69) is 9.89 Å². The molecule has 0 atom stereocenters. The van der Waals surface area contributed by atoms with Gasteiger partial charge in [-0.2, -0.15) is 4.99 Å². The van der Waals surface area contributed by atoms with Crippen molar-refractivity contribution >= 4 is 40.5 Å². The maximum Gasteiger partial charge on any atom is 0.286 e. The van der Waals surface area contributed by atoms with E-state index in [0.29, 0.717) is 34.7 Å². The number of hydrogen-bond acceptors (Lipinski definition) is 5. The monoisotopic (exact) mass is 374 g/mol. The molecule has 2 aromatic rings. The lowest BCUT2D eigenvalue weighted by Crippen LogP contribution is -2.38. The molecule has 7 heteroatoms. The third-order valence-corrected chi connectivity index (χ3v) is 5.30.